The van der Waals surface area contributed by atoms with Gasteiger partial charge in [-0.3, -0.25) is 0 Å². The van der Waals surface area contributed by atoms with Gasteiger partial charge in [-0.05, 0) is 42.5 Å². The fourth-order valence-corrected chi connectivity index (χ4v) is 4.57. The second kappa shape index (κ2) is 6.80. The maximum Gasteiger partial charge on any atom is 0.131 e. The molecule has 2 aliphatic rings. The first-order chi connectivity index (χ1) is 13.3. The summed E-state index contributed by atoms with van der Waals surface area (Å²) in [5, 5.41) is 13.9. The minimum absolute atomic E-state index is 0.540. The van der Waals surface area contributed by atoms with Gasteiger partial charge in [0.2, 0.25) is 0 Å². The van der Waals surface area contributed by atoms with Crippen LogP contribution in [0.5, 0.6) is 0 Å². The maximum atomic E-state index is 9.44. The third-order valence-corrected chi connectivity index (χ3v) is 6.12. The van der Waals surface area contributed by atoms with E-state index >= 15 is 0 Å². The monoisotopic (exact) mass is 377 g/mol. The number of hydrogen-bond acceptors (Lipinski definition) is 7. The quantitative estimate of drug-likeness (QED) is 0.740. The van der Waals surface area contributed by atoms with Gasteiger partial charge in [-0.2, -0.15) is 5.26 Å². The summed E-state index contributed by atoms with van der Waals surface area (Å²) < 4.78 is 6.47. The van der Waals surface area contributed by atoms with Gasteiger partial charge >= 0.3 is 0 Å². The van der Waals surface area contributed by atoms with E-state index in [1.807, 2.05) is 24.5 Å². The van der Waals surface area contributed by atoms with Crippen LogP contribution in [0.4, 0.5) is 17.3 Å². The molecule has 3 aromatic rings. The number of rotatable bonds is 4. The predicted octanol–water partition coefficient (Wildman–Crippen LogP) is 4.02. The molecule has 2 fully saturated rings. The number of fused-ring (bicyclic) bond motifs is 1. The fraction of sp³-hybridized carbons (Fsp3) is 0.350. The van der Waals surface area contributed by atoms with Gasteiger partial charge in [0.25, 0.3) is 0 Å². The Hall–Kier alpha value is -2.69. The molecule has 6 nitrogen and oxygen atoms in total. The van der Waals surface area contributed by atoms with Crippen LogP contribution in [0.3, 0.4) is 0 Å². The van der Waals surface area contributed by atoms with E-state index < -0.39 is 0 Å². The Bertz CT molecular complexity index is 1010. The molecule has 0 atom stereocenters. The number of hydrogen-bond donors (Lipinski definition) is 1. The van der Waals surface area contributed by atoms with Crippen molar-refractivity contribution < 1.29 is 4.74 Å². The lowest BCUT2D eigenvalue weighted by molar-refractivity contribution is 0.122. The van der Waals surface area contributed by atoms with E-state index in [2.05, 4.69) is 32.3 Å². The van der Waals surface area contributed by atoms with Crippen LogP contribution < -0.4 is 10.2 Å². The van der Waals surface area contributed by atoms with Crippen LogP contribution in [0, 0.1) is 11.3 Å². The Morgan fingerprint density at radius 2 is 2.04 bits per heavy atom. The second-order valence-corrected chi connectivity index (χ2v) is 7.98. The van der Waals surface area contributed by atoms with Gasteiger partial charge in [0.15, 0.2) is 0 Å². The molecule has 1 saturated carbocycles. The topological polar surface area (TPSA) is 74.1 Å². The number of aromatic nitrogens is 2. The highest BCUT2D eigenvalue weighted by Crippen LogP contribution is 2.48. The molecule has 1 N–H and O–H groups in total. The number of nitrogens with zero attached hydrogens (tertiary/aromatic N) is 4. The maximum absolute atomic E-state index is 9.44. The number of thiophene rings is 1. The molecule has 0 amide bonds. The van der Waals surface area contributed by atoms with Gasteiger partial charge in [-0.1, -0.05) is 0 Å². The molecule has 1 saturated heterocycles. The van der Waals surface area contributed by atoms with Crippen molar-refractivity contribution in [2.24, 2.45) is 0 Å². The molecule has 3 aromatic heterocycles. The Morgan fingerprint density at radius 3 is 2.74 bits per heavy atom. The van der Waals surface area contributed by atoms with Gasteiger partial charge in [0.05, 0.1) is 29.8 Å². The number of ether oxygens (including phenoxy) is 1. The summed E-state index contributed by atoms with van der Waals surface area (Å²) in [6, 6.07) is 8.48. The van der Waals surface area contributed by atoms with Crippen molar-refractivity contribution in [2.45, 2.75) is 18.8 Å². The summed E-state index contributed by atoms with van der Waals surface area (Å²) in [6.07, 6.45) is 6.06. The first-order valence-electron chi connectivity index (χ1n) is 9.20. The van der Waals surface area contributed by atoms with Crippen LogP contribution in [-0.4, -0.2) is 36.3 Å². The standard InChI is InChI=1S/C20H19N5OS/c21-10-16-20(13-1-2-13)15-9-18(22-12-17(15)27-16)24-14-3-4-19(23-11-14)25-5-7-26-8-6-25/h3-4,9,11-13H,1-2,5-8H2,(H,22,24). The first kappa shape index (κ1) is 16.5. The second-order valence-electron chi connectivity index (χ2n) is 6.93. The molecule has 1 aliphatic heterocycles. The van der Waals surface area contributed by atoms with Crippen molar-refractivity contribution in [3.63, 3.8) is 0 Å². The van der Waals surface area contributed by atoms with E-state index in [-0.39, 0.29) is 0 Å². The van der Waals surface area contributed by atoms with Crippen molar-refractivity contribution in [3.8, 4) is 6.07 Å². The van der Waals surface area contributed by atoms with E-state index in [1.54, 1.807) is 11.3 Å². The molecular formula is C20H19N5OS. The van der Waals surface area contributed by atoms with Crippen LogP contribution in [0.1, 0.15) is 29.2 Å². The molecule has 7 heteroatoms. The third-order valence-electron chi connectivity index (χ3n) is 5.06. The lowest BCUT2D eigenvalue weighted by Crippen LogP contribution is -2.36. The SMILES string of the molecule is N#Cc1sc2cnc(Nc3ccc(N4CCOCC4)nc3)cc2c1C1CC1. The third kappa shape index (κ3) is 3.22. The summed E-state index contributed by atoms with van der Waals surface area (Å²) in [7, 11) is 0. The highest BCUT2D eigenvalue weighted by molar-refractivity contribution is 7.19. The average Bonchev–Trinajstić information content (AvgIpc) is 3.49. The summed E-state index contributed by atoms with van der Waals surface area (Å²) in [5.74, 6) is 2.30. The lowest BCUT2D eigenvalue weighted by atomic mass is 10.1. The largest absolute Gasteiger partial charge is 0.378 e. The summed E-state index contributed by atoms with van der Waals surface area (Å²) >= 11 is 1.55. The number of nitrogens with one attached hydrogen (secondary N) is 1. The highest BCUT2D eigenvalue weighted by Gasteiger charge is 2.30. The first-order valence-corrected chi connectivity index (χ1v) is 10.0. The Morgan fingerprint density at radius 1 is 1.19 bits per heavy atom. The smallest absolute Gasteiger partial charge is 0.131 e. The summed E-state index contributed by atoms with van der Waals surface area (Å²) in [4.78, 5) is 12.2. The van der Waals surface area contributed by atoms with Gasteiger partial charge in [-0.15, -0.1) is 11.3 Å². The van der Waals surface area contributed by atoms with Crippen LogP contribution in [-0.2, 0) is 4.74 Å². The Labute approximate surface area is 161 Å². The van der Waals surface area contributed by atoms with E-state index in [0.29, 0.717) is 5.92 Å². The van der Waals surface area contributed by atoms with Gasteiger partial charge < -0.3 is 15.0 Å². The van der Waals surface area contributed by atoms with Crippen molar-refractivity contribution in [1.29, 1.82) is 5.26 Å². The minimum atomic E-state index is 0.540. The van der Waals surface area contributed by atoms with Crippen molar-refractivity contribution >= 4 is 38.7 Å². The van der Waals surface area contributed by atoms with Crippen LogP contribution in [0.15, 0.2) is 30.6 Å². The molecule has 0 radical (unpaired) electrons. The molecule has 0 unspecified atom stereocenters. The van der Waals surface area contributed by atoms with E-state index in [0.717, 1.165) is 58.6 Å². The molecule has 0 spiro atoms. The molecule has 27 heavy (non-hydrogen) atoms. The van der Waals surface area contributed by atoms with E-state index in [4.69, 9.17) is 4.74 Å². The van der Waals surface area contributed by atoms with E-state index in [1.165, 1.54) is 18.4 Å². The highest BCUT2D eigenvalue weighted by atomic mass is 32.1. The van der Waals surface area contributed by atoms with Crippen molar-refractivity contribution in [1.82, 2.24) is 9.97 Å². The van der Waals surface area contributed by atoms with Gasteiger partial charge in [-0.25, -0.2) is 9.97 Å². The molecular weight excluding hydrogens is 358 g/mol. The van der Waals surface area contributed by atoms with Gasteiger partial charge in [0, 0.05) is 24.7 Å². The van der Waals surface area contributed by atoms with E-state index in [9.17, 15) is 5.26 Å². The normalized spacial score (nSPS) is 17.1. The Balaban J connectivity index is 1.39. The lowest BCUT2D eigenvalue weighted by Gasteiger charge is -2.27. The fourth-order valence-electron chi connectivity index (χ4n) is 3.54. The zero-order valence-electron chi connectivity index (χ0n) is 14.8. The van der Waals surface area contributed by atoms with Crippen LogP contribution in [0.25, 0.3) is 10.1 Å². The predicted molar refractivity (Wildman–Crippen MR) is 107 cm³/mol. The number of morpholine rings is 1. The zero-order valence-corrected chi connectivity index (χ0v) is 15.6. The zero-order chi connectivity index (χ0) is 18.2. The van der Waals surface area contributed by atoms with Crippen LogP contribution >= 0.6 is 11.3 Å². The molecule has 5 rings (SSSR count). The molecule has 4 heterocycles. The number of pyridine rings is 2. The molecule has 0 aromatic carbocycles. The number of nitriles is 1. The summed E-state index contributed by atoms with van der Waals surface area (Å²) in [5.41, 5.74) is 2.12. The summed E-state index contributed by atoms with van der Waals surface area (Å²) in [6.45, 7) is 3.25. The van der Waals surface area contributed by atoms with Gasteiger partial charge in [0.1, 0.15) is 22.6 Å². The van der Waals surface area contributed by atoms with Crippen molar-refractivity contribution in [2.75, 3.05) is 36.5 Å². The van der Waals surface area contributed by atoms with Crippen LogP contribution in [0.2, 0.25) is 0 Å². The van der Waals surface area contributed by atoms with Crippen molar-refractivity contribution in [3.05, 3.63) is 41.0 Å². The Kier molecular flexibility index (Phi) is 4.15. The minimum Gasteiger partial charge on any atom is -0.378 e. The number of anilines is 3. The molecule has 136 valence electrons. The molecule has 1 aliphatic carbocycles. The molecule has 0 bridgehead atoms. The average molecular weight is 377 g/mol.